The maximum Gasteiger partial charge on any atom is 0.0504 e. The summed E-state index contributed by atoms with van der Waals surface area (Å²) in [6.45, 7) is 10.1. The van der Waals surface area contributed by atoms with Crippen LogP contribution in [0.5, 0.6) is 0 Å². The first-order valence-electron chi connectivity index (χ1n) is 9.56. The predicted molar refractivity (Wildman–Crippen MR) is 95.1 cm³/mol. The van der Waals surface area contributed by atoms with Crippen molar-refractivity contribution in [2.24, 2.45) is 0 Å². The molecule has 2 heterocycles. The van der Waals surface area contributed by atoms with E-state index in [9.17, 15) is 0 Å². The van der Waals surface area contributed by atoms with Crippen LogP contribution in [0.1, 0.15) is 51.4 Å². The molecule has 0 spiro atoms. The van der Waals surface area contributed by atoms with Crippen LogP contribution in [0, 0.1) is 0 Å². The Hall–Kier alpha value is -0.160. The van der Waals surface area contributed by atoms with Crippen molar-refractivity contribution in [2.75, 3.05) is 66.7 Å². The van der Waals surface area contributed by atoms with Gasteiger partial charge in [0.05, 0.1) is 13.3 Å². The van der Waals surface area contributed by atoms with Gasteiger partial charge >= 0.3 is 0 Å². The van der Waals surface area contributed by atoms with E-state index in [1.54, 1.807) is 0 Å². The molecule has 4 nitrogen and oxygen atoms in total. The van der Waals surface area contributed by atoms with Crippen molar-refractivity contribution in [3.8, 4) is 0 Å². The first-order valence-corrected chi connectivity index (χ1v) is 9.56. The zero-order valence-electron chi connectivity index (χ0n) is 15.1. The highest BCUT2D eigenvalue weighted by atomic mass is 15.4. The molecule has 0 aromatic heterocycles. The van der Waals surface area contributed by atoms with E-state index in [1.807, 2.05) is 0 Å². The van der Waals surface area contributed by atoms with E-state index >= 15 is 0 Å². The summed E-state index contributed by atoms with van der Waals surface area (Å²) in [5.41, 5.74) is 0. The first kappa shape index (κ1) is 18.2. The molecule has 0 aliphatic carbocycles. The first-order chi connectivity index (χ1) is 10.7. The molecule has 0 saturated carbocycles. The van der Waals surface area contributed by atoms with E-state index in [-0.39, 0.29) is 0 Å². The second kappa shape index (κ2) is 10.6. The van der Waals surface area contributed by atoms with Crippen molar-refractivity contribution in [2.45, 2.75) is 51.4 Å². The predicted octanol–water partition coefficient (Wildman–Crippen LogP) is 2.52. The summed E-state index contributed by atoms with van der Waals surface area (Å²) < 4.78 is 0. The van der Waals surface area contributed by atoms with Crippen LogP contribution in [0.15, 0.2) is 0 Å². The van der Waals surface area contributed by atoms with Crippen molar-refractivity contribution < 1.29 is 0 Å². The second-order valence-corrected chi connectivity index (χ2v) is 7.51. The molecule has 22 heavy (non-hydrogen) atoms. The Labute approximate surface area is 138 Å². The Bertz CT molecular complexity index is 256. The quantitative estimate of drug-likeness (QED) is 0.544. The molecule has 0 radical (unpaired) electrons. The largest absolute Gasteiger partial charge is 0.292 e. The van der Waals surface area contributed by atoms with Gasteiger partial charge < -0.3 is 0 Å². The number of unbranched alkanes of at least 4 members (excludes halogenated alkanes) is 7. The molecule has 0 aromatic rings. The van der Waals surface area contributed by atoms with Crippen LogP contribution in [-0.2, 0) is 0 Å². The minimum Gasteiger partial charge on any atom is -0.292 e. The number of nitrogens with zero attached hydrogens (tertiary/aromatic N) is 4. The molecule has 2 aliphatic heterocycles. The smallest absolute Gasteiger partial charge is 0.0504 e. The molecule has 130 valence electrons. The van der Waals surface area contributed by atoms with E-state index in [2.05, 4.69) is 33.7 Å². The number of hydrogen-bond donors (Lipinski definition) is 0. The average Bonchev–Trinajstić information content (AvgIpc) is 3.09. The summed E-state index contributed by atoms with van der Waals surface area (Å²) in [6.07, 6.45) is 11.5. The molecule has 0 N–H and O–H groups in total. The lowest BCUT2D eigenvalue weighted by Gasteiger charge is -2.15. The summed E-state index contributed by atoms with van der Waals surface area (Å²) in [7, 11) is 4.45. The van der Waals surface area contributed by atoms with Crippen LogP contribution in [0.2, 0.25) is 0 Å². The molecule has 0 amide bonds. The topological polar surface area (TPSA) is 13.0 Å². The monoisotopic (exact) mass is 310 g/mol. The maximum atomic E-state index is 2.59. The third kappa shape index (κ3) is 7.40. The SMILES string of the molecule is CN1CCN(CCCCCCCCCCN2CCN(C)C2)C1. The molecule has 2 fully saturated rings. The van der Waals surface area contributed by atoms with Crippen LogP contribution < -0.4 is 0 Å². The van der Waals surface area contributed by atoms with Gasteiger partial charge in [-0.25, -0.2) is 0 Å². The van der Waals surface area contributed by atoms with Gasteiger partial charge in [0.15, 0.2) is 0 Å². The maximum absolute atomic E-state index is 2.59. The number of hydrogen-bond acceptors (Lipinski definition) is 4. The van der Waals surface area contributed by atoms with Gasteiger partial charge in [0, 0.05) is 26.2 Å². The third-order valence-corrected chi connectivity index (χ3v) is 5.18. The van der Waals surface area contributed by atoms with E-state index < -0.39 is 0 Å². The van der Waals surface area contributed by atoms with Gasteiger partial charge in [0.25, 0.3) is 0 Å². The highest BCUT2D eigenvalue weighted by Crippen LogP contribution is 2.11. The lowest BCUT2D eigenvalue weighted by Crippen LogP contribution is -2.24. The lowest BCUT2D eigenvalue weighted by molar-refractivity contribution is 0.267. The summed E-state index contributed by atoms with van der Waals surface area (Å²) in [6, 6.07) is 0. The Morgan fingerprint density at radius 3 is 1.18 bits per heavy atom. The van der Waals surface area contributed by atoms with E-state index in [0.717, 1.165) is 0 Å². The normalized spacial score (nSPS) is 22.1. The molecule has 2 aliphatic rings. The number of likely N-dealkylation sites (N-methyl/N-ethyl adjacent to an activating group) is 2. The second-order valence-electron chi connectivity index (χ2n) is 7.51. The minimum atomic E-state index is 1.19. The summed E-state index contributed by atoms with van der Waals surface area (Å²) in [5.74, 6) is 0. The van der Waals surface area contributed by atoms with Gasteiger partial charge in [0.2, 0.25) is 0 Å². The van der Waals surface area contributed by atoms with Crippen molar-refractivity contribution in [3.05, 3.63) is 0 Å². The molecule has 4 heteroatoms. The van der Waals surface area contributed by atoms with Crippen LogP contribution in [0.3, 0.4) is 0 Å². The molecule has 2 saturated heterocycles. The van der Waals surface area contributed by atoms with Crippen molar-refractivity contribution in [1.82, 2.24) is 19.6 Å². The average molecular weight is 311 g/mol. The fraction of sp³-hybridized carbons (Fsp3) is 1.00. The van der Waals surface area contributed by atoms with Crippen molar-refractivity contribution in [3.63, 3.8) is 0 Å². The Kier molecular flexibility index (Phi) is 8.75. The third-order valence-electron chi connectivity index (χ3n) is 5.18. The summed E-state index contributed by atoms with van der Waals surface area (Å²) in [4.78, 5) is 10.0. The van der Waals surface area contributed by atoms with E-state index in [0.29, 0.717) is 0 Å². The van der Waals surface area contributed by atoms with Gasteiger partial charge in [-0.2, -0.15) is 0 Å². The molecular weight excluding hydrogens is 272 g/mol. The Morgan fingerprint density at radius 1 is 0.500 bits per heavy atom. The van der Waals surface area contributed by atoms with Crippen molar-refractivity contribution in [1.29, 1.82) is 0 Å². The molecule has 0 atom stereocenters. The Balaban J connectivity index is 1.29. The zero-order valence-corrected chi connectivity index (χ0v) is 15.1. The van der Waals surface area contributed by atoms with Crippen molar-refractivity contribution >= 4 is 0 Å². The van der Waals surface area contributed by atoms with E-state index in [1.165, 1.54) is 104 Å². The van der Waals surface area contributed by atoms with Gasteiger partial charge in [-0.3, -0.25) is 19.6 Å². The molecule has 2 rings (SSSR count). The lowest BCUT2D eigenvalue weighted by atomic mass is 10.1. The van der Waals surface area contributed by atoms with Gasteiger partial charge in [-0.1, -0.05) is 38.5 Å². The van der Waals surface area contributed by atoms with E-state index in [4.69, 9.17) is 0 Å². The minimum absolute atomic E-state index is 1.19. The Morgan fingerprint density at radius 2 is 0.864 bits per heavy atom. The molecular formula is C18H38N4. The number of rotatable bonds is 11. The van der Waals surface area contributed by atoms with Crippen LogP contribution in [0.25, 0.3) is 0 Å². The highest BCUT2D eigenvalue weighted by molar-refractivity contribution is 4.68. The van der Waals surface area contributed by atoms with Crippen LogP contribution in [0.4, 0.5) is 0 Å². The fourth-order valence-corrected chi connectivity index (χ4v) is 3.69. The molecule has 0 bridgehead atoms. The summed E-state index contributed by atoms with van der Waals surface area (Å²) in [5, 5.41) is 0. The van der Waals surface area contributed by atoms with Gasteiger partial charge in [-0.05, 0) is 40.0 Å². The zero-order chi connectivity index (χ0) is 15.6. The van der Waals surface area contributed by atoms with Gasteiger partial charge in [-0.15, -0.1) is 0 Å². The van der Waals surface area contributed by atoms with Crippen LogP contribution in [-0.4, -0.2) is 86.3 Å². The fourth-order valence-electron chi connectivity index (χ4n) is 3.69. The highest BCUT2D eigenvalue weighted by Gasteiger charge is 2.15. The molecule has 0 aromatic carbocycles. The standard InChI is InChI=1S/C18H38N4/c1-19-13-15-21(17-19)11-9-7-5-3-4-6-8-10-12-22-16-14-20(2)18-22/h3-18H2,1-2H3. The molecule has 0 unspecified atom stereocenters. The van der Waals surface area contributed by atoms with Gasteiger partial charge in [0.1, 0.15) is 0 Å². The van der Waals surface area contributed by atoms with Crippen LogP contribution >= 0.6 is 0 Å². The summed E-state index contributed by atoms with van der Waals surface area (Å²) >= 11 is 0.